The molecule has 0 radical (unpaired) electrons. The molecule has 0 saturated carbocycles. The average molecular weight is 376 g/mol. The fourth-order valence-corrected chi connectivity index (χ4v) is 1.65. The minimum Gasteiger partial charge on any atom is -0.481 e. The molecule has 2 atom stereocenters. The molecule has 0 spiro atoms. The van der Waals surface area contributed by atoms with E-state index in [1.54, 1.807) is 0 Å². The number of nitrogens with two attached hydrogens (primary N) is 1. The summed E-state index contributed by atoms with van der Waals surface area (Å²) < 4.78 is 0. The molecule has 0 aromatic heterocycles. The fraction of sp³-hybridized carbons (Fsp3) is 0.538. The largest absolute Gasteiger partial charge is 0.481 e. The molecule has 0 bridgehead atoms. The van der Waals surface area contributed by atoms with Gasteiger partial charge in [0.2, 0.25) is 17.7 Å². The second-order valence-electron chi connectivity index (χ2n) is 5.09. The van der Waals surface area contributed by atoms with Crippen LogP contribution in [0.4, 0.5) is 0 Å². The van der Waals surface area contributed by atoms with Crippen molar-refractivity contribution in [1.82, 2.24) is 16.0 Å². The van der Waals surface area contributed by atoms with E-state index in [1.165, 1.54) is 0 Å². The third-order valence-electron chi connectivity index (χ3n) is 2.87. The van der Waals surface area contributed by atoms with Gasteiger partial charge in [-0.15, -0.1) is 0 Å². The monoisotopic (exact) mass is 376 g/mol. The summed E-state index contributed by atoms with van der Waals surface area (Å²) in [6, 6.07) is -2.70. The van der Waals surface area contributed by atoms with Crippen LogP contribution in [0, 0.1) is 0 Å². The van der Waals surface area contributed by atoms with Crippen LogP contribution >= 0.6 is 0 Å². The van der Waals surface area contributed by atoms with E-state index in [0.717, 1.165) is 0 Å². The molecule has 0 aliphatic heterocycles. The van der Waals surface area contributed by atoms with Gasteiger partial charge in [-0.05, 0) is 6.42 Å². The molecular formula is C13H20N4O9. The number of carboxylic acid groups (broad SMARTS) is 3. The van der Waals surface area contributed by atoms with Crippen LogP contribution in [0.1, 0.15) is 19.3 Å². The van der Waals surface area contributed by atoms with Crippen molar-refractivity contribution in [3.8, 4) is 0 Å². The molecule has 3 amide bonds. The summed E-state index contributed by atoms with van der Waals surface area (Å²) in [5.41, 5.74) is 5.29. The molecule has 0 aromatic rings. The lowest BCUT2D eigenvalue weighted by Gasteiger charge is -2.18. The van der Waals surface area contributed by atoms with Gasteiger partial charge in [-0.3, -0.25) is 28.8 Å². The highest BCUT2D eigenvalue weighted by molar-refractivity contribution is 5.92. The zero-order valence-corrected chi connectivity index (χ0v) is 13.6. The van der Waals surface area contributed by atoms with Gasteiger partial charge in [-0.1, -0.05) is 0 Å². The number of carbonyl (C=O) groups is 6. The lowest BCUT2D eigenvalue weighted by Crippen LogP contribution is -2.51. The maximum absolute atomic E-state index is 11.8. The first-order valence-electron chi connectivity index (χ1n) is 7.28. The molecule has 0 aromatic carbocycles. The molecule has 26 heavy (non-hydrogen) atoms. The number of carboxylic acids is 3. The summed E-state index contributed by atoms with van der Waals surface area (Å²) in [7, 11) is 0. The van der Waals surface area contributed by atoms with E-state index in [2.05, 4.69) is 10.6 Å². The van der Waals surface area contributed by atoms with Gasteiger partial charge >= 0.3 is 17.9 Å². The van der Waals surface area contributed by atoms with Crippen LogP contribution in [-0.2, 0) is 28.8 Å². The van der Waals surface area contributed by atoms with Gasteiger partial charge in [0, 0.05) is 6.42 Å². The van der Waals surface area contributed by atoms with E-state index in [4.69, 9.17) is 21.1 Å². The first-order valence-corrected chi connectivity index (χ1v) is 7.28. The van der Waals surface area contributed by atoms with Crippen LogP contribution < -0.4 is 21.7 Å². The minimum atomic E-state index is -1.37. The Morgan fingerprint density at radius 2 is 1.38 bits per heavy atom. The van der Waals surface area contributed by atoms with Crippen LogP contribution in [0.15, 0.2) is 0 Å². The van der Waals surface area contributed by atoms with Crippen LogP contribution in [-0.4, -0.2) is 76.1 Å². The van der Waals surface area contributed by atoms with Crippen molar-refractivity contribution in [2.75, 3.05) is 13.1 Å². The summed E-state index contributed by atoms with van der Waals surface area (Å²) in [5, 5.41) is 31.9. The zero-order chi connectivity index (χ0) is 20.3. The molecule has 8 N–H and O–H groups in total. The number of nitrogens with one attached hydrogen (secondary N) is 3. The van der Waals surface area contributed by atoms with E-state index >= 15 is 0 Å². The van der Waals surface area contributed by atoms with Crippen molar-refractivity contribution < 1.29 is 44.1 Å². The van der Waals surface area contributed by atoms with Crippen LogP contribution in [0.2, 0.25) is 0 Å². The molecule has 13 nitrogen and oxygen atoms in total. The van der Waals surface area contributed by atoms with Crippen LogP contribution in [0.5, 0.6) is 0 Å². The lowest BCUT2D eigenvalue weighted by atomic mass is 10.1. The van der Waals surface area contributed by atoms with E-state index in [0.29, 0.717) is 0 Å². The quantitative estimate of drug-likeness (QED) is 0.177. The highest BCUT2D eigenvalue weighted by Gasteiger charge is 2.23. The second-order valence-corrected chi connectivity index (χ2v) is 5.09. The number of hydrogen-bond acceptors (Lipinski definition) is 7. The Hall–Kier alpha value is -3.22. The third-order valence-corrected chi connectivity index (χ3v) is 2.87. The van der Waals surface area contributed by atoms with Gasteiger partial charge < -0.3 is 37.0 Å². The summed E-state index contributed by atoms with van der Waals surface area (Å²) in [4.78, 5) is 66.5. The van der Waals surface area contributed by atoms with Crippen molar-refractivity contribution in [2.24, 2.45) is 5.73 Å². The Labute approximate surface area is 146 Å². The maximum atomic E-state index is 11.8. The fourth-order valence-electron chi connectivity index (χ4n) is 1.65. The molecule has 0 saturated heterocycles. The first kappa shape index (κ1) is 22.8. The van der Waals surface area contributed by atoms with E-state index < -0.39 is 73.6 Å². The Morgan fingerprint density at radius 3 is 1.88 bits per heavy atom. The smallest absolute Gasteiger partial charge is 0.322 e. The molecule has 0 aliphatic carbocycles. The number of hydrogen-bond donors (Lipinski definition) is 7. The van der Waals surface area contributed by atoms with Gasteiger partial charge in [0.15, 0.2) is 0 Å². The topological polar surface area (TPSA) is 225 Å². The predicted octanol–water partition coefficient (Wildman–Crippen LogP) is -3.54. The Morgan fingerprint density at radius 1 is 0.808 bits per heavy atom. The third kappa shape index (κ3) is 10.5. The van der Waals surface area contributed by atoms with Crippen molar-refractivity contribution in [1.29, 1.82) is 0 Å². The SMILES string of the molecule is NC(CC(=O)O)C(=O)NCC(=O)NC(CCC(=O)O)C(=O)NCC(=O)O. The van der Waals surface area contributed by atoms with Gasteiger partial charge in [-0.25, -0.2) is 0 Å². The molecule has 0 heterocycles. The normalized spacial score (nSPS) is 12.3. The molecule has 13 heteroatoms. The van der Waals surface area contributed by atoms with Crippen molar-refractivity contribution in [2.45, 2.75) is 31.3 Å². The van der Waals surface area contributed by atoms with Crippen LogP contribution in [0.3, 0.4) is 0 Å². The van der Waals surface area contributed by atoms with Gasteiger partial charge in [0.1, 0.15) is 12.6 Å². The van der Waals surface area contributed by atoms with Crippen LogP contribution in [0.25, 0.3) is 0 Å². The second kappa shape index (κ2) is 11.4. The van der Waals surface area contributed by atoms with E-state index in [-0.39, 0.29) is 6.42 Å². The van der Waals surface area contributed by atoms with Crippen molar-refractivity contribution in [3.05, 3.63) is 0 Å². The summed E-state index contributed by atoms with van der Waals surface area (Å²) >= 11 is 0. The number of carbonyl (C=O) groups excluding carboxylic acids is 3. The van der Waals surface area contributed by atoms with E-state index in [1.807, 2.05) is 5.32 Å². The van der Waals surface area contributed by atoms with Crippen molar-refractivity contribution >= 4 is 35.6 Å². The zero-order valence-electron chi connectivity index (χ0n) is 13.6. The average Bonchev–Trinajstić information content (AvgIpc) is 2.53. The molecule has 2 unspecified atom stereocenters. The predicted molar refractivity (Wildman–Crippen MR) is 82.7 cm³/mol. The Bertz CT molecular complexity index is 578. The van der Waals surface area contributed by atoms with Gasteiger partial charge in [0.25, 0.3) is 0 Å². The lowest BCUT2D eigenvalue weighted by molar-refractivity contribution is -0.140. The van der Waals surface area contributed by atoms with Gasteiger partial charge in [-0.2, -0.15) is 0 Å². The molecule has 0 rings (SSSR count). The van der Waals surface area contributed by atoms with Gasteiger partial charge in [0.05, 0.1) is 19.0 Å². The first-order chi connectivity index (χ1) is 12.0. The highest BCUT2D eigenvalue weighted by atomic mass is 16.4. The summed E-state index contributed by atoms with van der Waals surface area (Å²) in [6.45, 7) is -1.36. The highest BCUT2D eigenvalue weighted by Crippen LogP contribution is 1.98. The number of rotatable bonds is 12. The Kier molecular flexibility index (Phi) is 9.95. The standard InChI is InChI=1S/C13H20N4O9/c14-6(3-10(21)22)12(25)15-4-8(18)17-7(1-2-9(19)20)13(26)16-5-11(23)24/h6-7H,1-5,14H2,(H,15,25)(H,16,26)(H,17,18)(H,19,20)(H,21,22)(H,23,24). The summed E-state index contributed by atoms with van der Waals surface area (Å²) in [5.74, 6) is -6.55. The molecule has 0 aliphatic rings. The molecule has 0 fully saturated rings. The van der Waals surface area contributed by atoms with Crippen molar-refractivity contribution in [3.63, 3.8) is 0 Å². The molecule has 146 valence electrons. The minimum absolute atomic E-state index is 0.307. The molecular weight excluding hydrogens is 356 g/mol. The summed E-state index contributed by atoms with van der Waals surface area (Å²) in [6.07, 6.45) is -1.42. The number of amides is 3. The number of aliphatic carboxylic acids is 3. The van der Waals surface area contributed by atoms with E-state index in [9.17, 15) is 28.8 Å². The maximum Gasteiger partial charge on any atom is 0.322 e. The Balaban J connectivity index is 4.62.